The van der Waals surface area contributed by atoms with Crippen LogP contribution in [-0.4, -0.2) is 33.4 Å². The van der Waals surface area contributed by atoms with Crippen LogP contribution in [0.1, 0.15) is 25.3 Å². The van der Waals surface area contributed by atoms with Crippen LogP contribution in [0.4, 0.5) is 16.2 Å². The molecule has 3 amide bonds. The Morgan fingerprint density at radius 1 is 1.04 bits per heavy atom. The Hall–Kier alpha value is -2.87. The molecule has 0 spiro atoms. The van der Waals surface area contributed by atoms with Crippen molar-refractivity contribution in [1.82, 2.24) is 5.32 Å². The van der Waals surface area contributed by atoms with Crippen LogP contribution < -0.4 is 14.5 Å². The van der Waals surface area contributed by atoms with E-state index in [1.54, 1.807) is 49.4 Å². The largest absolute Gasteiger partial charge is 0.355 e. The van der Waals surface area contributed by atoms with Crippen LogP contribution in [0.25, 0.3) is 0 Å². The summed E-state index contributed by atoms with van der Waals surface area (Å²) in [6.45, 7) is 4.01. The molecule has 2 aromatic rings. The number of amides is 3. The number of anilines is 2. The molecule has 3 rings (SSSR count). The van der Waals surface area contributed by atoms with Crippen LogP contribution in [0.2, 0.25) is 0 Å². The van der Waals surface area contributed by atoms with Crippen molar-refractivity contribution >= 4 is 33.3 Å². The standard InChI is InChI=1S/C20H23N3O4S/c1-3-4-13-21-19(24)14-22-17-11-7-8-12-18(17)28(26,27)23(20(22)25)16-10-6-5-9-15(16)2/h5-12H,3-4,13-14H2,1-2H3,(H,21,24). The molecule has 1 aliphatic heterocycles. The molecule has 0 radical (unpaired) electrons. The van der Waals surface area contributed by atoms with E-state index in [2.05, 4.69) is 5.32 Å². The van der Waals surface area contributed by atoms with Crippen molar-refractivity contribution in [2.24, 2.45) is 0 Å². The minimum absolute atomic E-state index is 0.000730. The summed E-state index contributed by atoms with van der Waals surface area (Å²) in [6.07, 6.45) is 1.77. The van der Waals surface area contributed by atoms with Crippen molar-refractivity contribution in [2.45, 2.75) is 31.6 Å². The number of urea groups is 1. The first kappa shape index (κ1) is 19.9. The van der Waals surface area contributed by atoms with Gasteiger partial charge >= 0.3 is 6.03 Å². The third kappa shape index (κ3) is 3.60. The molecule has 0 aliphatic carbocycles. The van der Waals surface area contributed by atoms with Crippen LogP contribution in [0, 0.1) is 6.92 Å². The molecule has 28 heavy (non-hydrogen) atoms. The number of unbranched alkanes of at least 4 members (excludes halogenated alkanes) is 1. The van der Waals surface area contributed by atoms with Gasteiger partial charge in [0.05, 0.1) is 11.4 Å². The van der Waals surface area contributed by atoms with Crippen molar-refractivity contribution in [3.05, 3.63) is 54.1 Å². The highest BCUT2D eigenvalue weighted by molar-refractivity contribution is 7.94. The van der Waals surface area contributed by atoms with Gasteiger partial charge in [-0.1, -0.05) is 43.7 Å². The molecule has 148 valence electrons. The number of hydrogen-bond acceptors (Lipinski definition) is 4. The number of carbonyl (C=O) groups is 2. The molecule has 1 aliphatic rings. The van der Waals surface area contributed by atoms with Crippen molar-refractivity contribution in [2.75, 3.05) is 22.3 Å². The third-order valence-corrected chi connectivity index (χ3v) is 6.30. The summed E-state index contributed by atoms with van der Waals surface area (Å²) in [4.78, 5) is 26.8. The Morgan fingerprint density at radius 2 is 1.68 bits per heavy atom. The first-order chi connectivity index (χ1) is 13.4. The highest BCUT2D eigenvalue weighted by Gasteiger charge is 2.43. The molecule has 0 unspecified atom stereocenters. The van der Waals surface area contributed by atoms with Gasteiger partial charge in [0.25, 0.3) is 10.0 Å². The molecule has 1 heterocycles. The van der Waals surface area contributed by atoms with Gasteiger partial charge in [-0.3, -0.25) is 9.69 Å². The van der Waals surface area contributed by atoms with E-state index in [0.29, 0.717) is 12.1 Å². The maximum atomic E-state index is 13.2. The van der Waals surface area contributed by atoms with E-state index in [1.165, 1.54) is 11.0 Å². The van der Waals surface area contributed by atoms with Gasteiger partial charge in [0.2, 0.25) is 5.91 Å². The third-order valence-electron chi connectivity index (χ3n) is 4.57. The van der Waals surface area contributed by atoms with Crippen LogP contribution in [-0.2, 0) is 14.8 Å². The number of sulfonamides is 1. The molecular weight excluding hydrogens is 378 g/mol. The molecule has 2 aromatic carbocycles. The molecule has 0 bridgehead atoms. The Labute approximate surface area is 165 Å². The van der Waals surface area contributed by atoms with E-state index < -0.39 is 16.1 Å². The molecule has 0 fully saturated rings. The van der Waals surface area contributed by atoms with Gasteiger partial charge in [-0.05, 0) is 37.1 Å². The average molecular weight is 401 g/mol. The van der Waals surface area contributed by atoms with Gasteiger partial charge in [0.15, 0.2) is 0 Å². The predicted molar refractivity (Wildman–Crippen MR) is 108 cm³/mol. The van der Waals surface area contributed by atoms with Crippen molar-refractivity contribution < 1.29 is 18.0 Å². The normalized spacial score (nSPS) is 15.3. The van der Waals surface area contributed by atoms with E-state index in [9.17, 15) is 18.0 Å². The maximum absolute atomic E-state index is 13.2. The molecule has 0 atom stereocenters. The van der Waals surface area contributed by atoms with Gasteiger partial charge in [-0.15, -0.1) is 0 Å². The first-order valence-electron chi connectivity index (χ1n) is 9.16. The average Bonchev–Trinajstić information content (AvgIpc) is 2.67. The lowest BCUT2D eigenvalue weighted by molar-refractivity contribution is -0.119. The van der Waals surface area contributed by atoms with E-state index in [0.717, 1.165) is 17.1 Å². The second kappa shape index (κ2) is 8.02. The number of rotatable bonds is 6. The number of nitrogens with zero attached hydrogens (tertiary/aromatic N) is 2. The van der Waals surface area contributed by atoms with Gasteiger partial charge in [-0.2, -0.15) is 4.31 Å². The summed E-state index contributed by atoms with van der Waals surface area (Å²) in [5, 5.41) is 2.77. The highest BCUT2D eigenvalue weighted by Crippen LogP contribution is 2.37. The predicted octanol–water partition coefficient (Wildman–Crippen LogP) is 3.05. The van der Waals surface area contributed by atoms with Gasteiger partial charge in [0.1, 0.15) is 11.4 Å². The summed E-state index contributed by atoms with van der Waals surface area (Å²) >= 11 is 0. The fourth-order valence-corrected chi connectivity index (χ4v) is 4.75. The van der Waals surface area contributed by atoms with Gasteiger partial charge in [0, 0.05) is 6.54 Å². The van der Waals surface area contributed by atoms with E-state index in [4.69, 9.17) is 0 Å². The van der Waals surface area contributed by atoms with Crippen molar-refractivity contribution in [3.8, 4) is 0 Å². The first-order valence-corrected chi connectivity index (χ1v) is 10.6. The Bertz CT molecular complexity index is 1000. The molecule has 8 heteroatoms. The topological polar surface area (TPSA) is 86.8 Å². The quantitative estimate of drug-likeness (QED) is 0.754. The van der Waals surface area contributed by atoms with Crippen LogP contribution in [0.15, 0.2) is 53.4 Å². The SMILES string of the molecule is CCCCNC(=O)CN1C(=O)N(c2ccccc2C)S(=O)(=O)c2ccccc21. The fraction of sp³-hybridized carbons (Fsp3) is 0.300. The molecule has 7 nitrogen and oxygen atoms in total. The van der Waals surface area contributed by atoms with E-state index in [-0.39, 0.29) is 28.7 Å². The summed E-state index contributed by atoms with van der Waals surface area (Å²) in [7, 11) is -4.09. The second-order valence-corrected chi connectivity index (χ2v) is 8.35. The molecule has 0 aromatic heterocycles. The summed E-state index contributed by atoms with van der Waals surface area (Å²) in [5.74, 6) is -0.333. The number of fused-ring (bicyclic) bond motifs is 1. The molecule has 1 N–H and O–H groups in total. The number of benzene rings is 2. The second-order valence-electron chi connectivity index (χ2n) is 6.60. The van der Waals surface area contributed by atoms with Crippen LogP contribution >= 0.6 is 0 Å². The number of para-hydroxylation sites is 2. The minimum atomic E-state index is -4.09. The maximum Gasteiger partial charge on any atom is 0.343 e. The zero-order valence-corrected chi connectivity index (χ0v) is 16.7. The molecule has 0 saturated carbocycles. The molecular formula is C20H23N3O4S. The zero-order chi connectivity index (χ0) is 20.3. The minimum Gasteiger partial charge on any atom is -0.355 e. The lowest BCUT2D eigenvalue weighted by Crippen LogP contribution is -2.54. The number of carbonyl (C=O) groups excluding carboxylic acids is 2. The Balaban J connectivity index is 2.04. The highest BCUT2D eigenvalue weighted by atomic mass is 32.2. The van der Waals surface area contributed by atoms with Crippen molar-refractivity contribution in [3.63, 3.8) is 0 Å². The lowest BCUT2D eigenvalue weighted by atomic mass is 10.2. The van der Waals surface area contributed by atoms with Crippen molar-refractivity contribution in [1.29, 1.82) is 0 Å². The lowest BCUT2D eigenvalue weighted by Gasteiger charge is -2.36. The van der Waals surface area contributed by atoms with E-state index >= 15 is 0 Å². The monoisotopic (exact) mass is 401 g/mol. The number of aryl methyl sites for hydroxylation is 1. The Morgan fingerprint density at radius 3 is 2.36 bits per heavy atom. The summed E-state index contributed by atoms with van der Waals surface area (Å²) in [6, 6.07) is 12.2. The summed E-state index contributed by atoms with van der Waals surface area (Å²) < 4.78 is 27.2. The van der Waals surface area contributed by atoms with Crippen LogP contribution in [0.5, 0.6) is 0 Å². The smallest absolute Gasteiger partial charge is 0.343 e. The van der Waals surface area contributed by atoms with Crippen LogP contribution in [0.3, 0.4) is 0 Å². The summed E-state index contributed by atoms with van der Waals surface area (Å²) in [5.41, 5.74) is 1.13. The van der Waals surface area contributed by atoms with E-state index in [1.807, 2.05) is 6.92 Å². The van der Waals surface area contributed by atoms with Gasteiger partial charge < -0.3 is 5.32 Å². The Kier molecular flexibility index (Phi) is 5.69. The van der Waals surface area contributed by atoms with Gasteiger partial charge in [-0.25, -0.2) is 13.2 Å². The molecule has 0 saturated heterocycles. The number of nitrogens with one attached hydrogen (secondary N) is 1. The fourth-order valence-electron chi connectivity index (χ4n) is 3.09. The zero-order valence-electron chi connectivity index (χ0n) is 15.9. The number of hydrogen-bond donors (Lipinski definition) is 1.